The molecule has 2 amide bonds. The highest BCUT2D eigenvalue weighted by atomic mass is 17.8. The van der Waals surface area contributed by atoms with E-state index in [1.54, 1.807) is 22.9 Å². The van der Waals surface area contributed by atoms with Gasteiger partial charge in [-0.3, -0.25) is 4.79 Å². The van der Waals surface area contributed by atoms with E-state index in [1.165, 1.54) is 25.5 Å². The summed E-state index contributed by atoms with van der Waals surface area (Å²) in [6, 6.07) is 3.30. The monoisotopic (exact) mass is 792 g/mol. The summed E-state index contributed by atoms with van der Waals surface area (Å²) >= 11 is 0. The van der Waals surface area contributed by atoms with Crippen molar-refractivity contribution in [1.82, 2.24) is 10.6 Å². The second-order valence-corrected chi connectivity index (χ2v) is 9.48. The highest BCUT2D eigenvalue weighted by Gasteiger charge is 2.22. The van der Waals surface area contributed by atoms with E-state index in [-0.39, 0.29) is 43.0 Å². The molecule has 0 unspecified atom stereocenters. The second-order valence-electron chi connectivity index (χ2n) is 9.48. The zero-order valence-electron chi connectivity index (χ0n) is 29.5. The number of carbonyl (C=O) groups is 2. The van der Waals surface area contributed by atoms with Crippen molar-refractivity contribution in [3.63, 3.8) is 0 Å². The molecule has 0 saturated heterocycles. The van der Waals surface area contributed by atoms with Crippen molar-refractivity contribution in [2.45, 2.75) is 51.8 Å². The molecule has 0 aromatic carbocycles. The van der Waals surface area contributed by atoms with E-state index in [0.29, 0.717) is 11.5 Å². The van der Waals surface area contributed by atoms with Gasteiger partial charge in [0, 0.05) is 56.1 Å². The summed E-state index contributed by atoms with van der Waals surface area (Å²) in [5.41, 5.74) is 6.36. The molecule has 0 bridgehead atoms. The Morgan fingerprint density at radius 2 is 1.55 bits per heavy atom. The van der Waals surface area contributed by atoms with Crippen molar-refractivity contribution in [3.8, 4) is 108 Å². The lowest BCUT2D eigenvalue weighted by Crippen LogP contribution is -2.43. The molecule has 20 heteroatoms. The first-order valence-corrected chi connectivity index (χ1v) is 15.4. The van der Waals surface area contributed by atoms with Crippen LogP contribution in [0.25, 0.3) is 0 Å². The van der Waals surface area contributed by atoms with Crippen LogP contribution in [0, 0.1) is 129 Å². The largest absolute Gasteiger partial charge is 0.412 e. The number of ether oxygens (including phenoxy) is 1. The number of alkyl carbamates (subject to hydrolysis) is 1. The number of hydrogen-bond acceptors (Lipinski definition) is 13. The molecule has 0 spiro atoms. The second kappa shape index (κ2) is 35.3. The SMILES string of the molecule is C#CC#CC#CC#CC#CC#CC#CC#CC#C.C[C@@H](NC(=O)OC[n+]1cccc(C(=O)NCCO[N+](=O)[O-])c1)C1CCCCC1.N=N/N=N/OOOOO[OH2+].[HH].[HH].[HH].[HH].[HH].[HH].[HH].[HH].[HH].[HH].[HH].[HH]. The number of aromatic nitrogens is 1. The van der Waals surface area contributed by atoms with Crippen LogP contribution in [-0.4, -0.2) is 41.5 Å². The predicted octanol–water partition coefficient (Wildman–Crippen LogP) is 4.48. The van der Waals surface area contributed by atoms with Crippen LogP contribution in [0.4, 0.5) is 4.79 Å². The number of pyridine rings is 1. The Morgan fingerprint density at radius 1 is 0.982 bits per heavy atom. The Labute approximate surface area is 339 Å². The van der Waals surface area contributed by atoms with Gasteiger partial charge in [0.1, 0.15) is 17.2 Å². The zero-order chi connectivity index (χ0) is 41.3. The van der Waals surface area contributed by atoms with Gasteiger partial charge in [0.15, 0.2) is 12.4 Å². The van der Waals surface area contributed by atoms with Gasteiger partial charge in [0.2, 0.25) is 0 Å². The van der Waals surface area contributed by atoms with Gasteiger partial charge < -0.3 is 20.2 Å². The molecule has 1 aromatic rings. The lowest BCUT2D eigenvalue weighted by atomic mass is 9.85. The smallest absolute Gasteiger partial charge is 0.388 e. The molecule has 1 fully saturated rings. The summed E-state index contributed by atoms with van der Waals surface area (Å²) in [7, 11) is 0. The number of nitrogens with zero attached hydrogens (tertiary/aromatic N) is 5. The predicted molar refractivity (Wildman–Crippen MR) is 214 cm³/mol. The van der Waals surface area contributed by atoms with Gasteiger partial charge in [-0.25, -0.2) is 10.1 Å². The van der Waals surface area contributed by atoms with E-state index < -0.39 is 17.1 Å². The van der Waals surface area contributed by atoms with E-state index in [9.17, 15) is 19.7 Å². The topological polar surface area (TPSA) is 254 Å². The van der Waals surface area contributed by atoms with E-state index in [0.717, 1.165) is 12.8 Å². The maximum atomic E-state index is 12.0. The molecule has 1 atom stereocenters. The van der Waals surface area contributed by atoms with Crippen LogP contribution in [-0.2, 0) is 41.4 Å². The average Bonchev–Trinajstić information content (AvgIpc) is 3.21. The van der Waals surface area contributed by atoms with Crippen LogP contribution in [0.15, 0.2) is 40.3 Å². The Morgan fingerprint density at radius 3 is 2.07 bits per heavy atom. The van der Waals surface area contributed by atoms with Crippen LogP contribution < -0.4 is 15.2 Å². The molecule has 0 radical (unpaired) electrons. The van der Waals surface area contributed by atoms with Crippen LogP contribution >= 0.6 is 0 Å². The molecule has 310 valence electrons. The van der Waals surface area contributed by atoms with Gasteiger partial charge in [0.25, 0.3) is 17.7 Å². The molecule has 1 aromatic heterocycles. The van der Waals surface area contributed by atoms with Gasteiger partial charge in [-0.2, -0.15) is 15.1 Å². The Balaban J connectivity index is -0.0000000610. The van der Waals surface area contributed by atoms with Crippen LogP contribution in [0.5, 0.6) is 0 Å². The minimum absolute atomic E-state index is 0. The molecular formula is C36H56N8O12+2. The fourth-order valence-corrected chi connectivity index (χ4v) is 3.77. The number of carbonyl (C=O) groups excluding carboxylic acids is 2. The third-order valence-corrected chi connectivity index (χ3v) is 5.94. The molecule has 2 rings (SSSR count). The van der Waals surface area contributed by atoms with Crippen LogP contribution in [0.1, 0.15) is 66.5 Å². The first-order chi connectivity index (χ1) is 27.3. The first-order valence-electron chi connectivity index (χ1n) is 15.4. The van der Waals surface area contributed by atoms with Crippen molar-refractivity contribution in [2.24, 2.45) is 21.6 Å². The highest BCUT2D eigenvalue weighted by Crippen LogP contribution is 2.26. The van der Waals surface area contributed by atoms with Gasteiger partial charge in [0.05, 0.1) is 5.28 Å². The maximum Gasteiger partial charge on any atom is 0.412 e. The summed E-state index contributed by atoms with van der Waals surface area (Å²) in [6.45, 7) is 1.74. The minimum Gasteiger partial charge on any atom is -0.388 e. The highest BCUT2D eigenvalue weighted by molar-refractivity contribution is 5.93. The lowest BCUT2D eigenvalue weighted by Gasteiger charge is -2.27. The van der Waals surface area contributed by atoms with E-state index in [2.05, 4.69) is 151 Å². The Bertz CT molecular complexity index is 1980. The van der Waals surface area contributed by atoms with E-state index in [1.807, 2.05) is 6.92 Å². The normalized spacial score (nSPS) is 10.6. The van der Waals surface area contributed by atoms with Gasteiger partial charge in [-0.05, 0) is 132 Å². The summed E-state index contributed by atoms with van der Waals surface area (Å²) in [5.74, 6) is 38.3. The maximum absolute atomic E-state index is 12.0. The van der Waals surface area contributed by atoms with Crippen molar-refractivity contribution in [2.75, 3.05) is 13.2 Å². The van der Waals surface area contributed by atoms with Gasteiger partial charge in [-0.1, -0.05) is 19.3 Å². The summed E-state index contributed by atoms with van der Waals surface area (Å²) in [5, 5.41) is 41.4. The van der Waals surface area contributed by atoms with Crippen molar-refractivity contribution >= 4 is 12.0 Å². The van der Waals surface area contributed by atoms with Crippen LogP contribution in [0.3, 0.4) is 0 Å². The summed E-state index contributed by atoms with van der Waals surface area (Å²) < 4.78 is 6.80. The van der Waals surface area contributed by atoms with Crippen molar-refractivity contribution < 1.29 is 76.3 Å². The first kappa shape index (κ1) is 47.9. The van der Waals surface area contributed by atoms with Crippen LogP contribution in [0.2, 0.25) is 0 Å². The standard InChI is InChI=1S/C18H26N4O6.C18H2.H2N4O6.12H2/c1-14(15-6-3-2-4-7-15)20-18(24)27-13-21-10-5-8-16(12-21)17(23)19-9-11-28-22(25)26;1-3-5-7-9-11-13-15-17-18-16-14-12-10-8-6-4-2;1-2-3-4-6-8-10-9-7-5;;;;;;;;;;;;/h5,8,10,12,14-15H,2-4,6-7,9,11,13H2,1H3,(H-,19,20,23,24);1-2H;1,5H;12*1H/p+2/b;;2-1?,4-3+;;;;;;;;;;;;/t14-;;;;;;;;;;;;;;/m1............../s1. The number of terminal acetylenes is 2. The van der Waals surface area contributed by atoms with Gasteiger partial charge in [-0.15, -0.1) is 23.0 Å². The number of amides is 2. The Hall–Kier alpha value is -8.07. The molecule has 1 heterocycles. The molecule has 1 saturated carbocycles. The number of nitrogens with one attached hydrogen (secondary N) is 3. The molecule has 56 heavy (non-hydrogen) atoms. The quantitative estimate of drug-likeness (QED) is 0.0326. The summed E-state index contributed by atoms with van der Waals surface area (Å²) in [4.78, 5) is 41.9. The van der Waals surface area contributed by atoms with Crippen molar-refractivity contribution in [3.05, 3.63) is 40.2 Å². The molecular weight excluding hydrogens is 736 g/mol. The molecule has 1 aliphatic rings. The molecule has 5 N–H and O–H groups in total. The molecule has 1 aliphatic carbocycles. The van der Waals surface area contributed by atoms with E-state index >= 15 is 0 Å². The fraction of sp³-hybridized carbons (Fsp3) is 0.306. The third-order valence-electron chi connectivity index (χ3n) is 5.94. The number of hydrogen-bond donors (Lipinski definition) is 3. The third kappa shape index (κ3) is 29.6. The molecule has 0 aliphatic heterocycles. The lowest BCUT2D eigenvalue weighted by molar-refractivity contribution is -0.757. The number of rotatable bonds is 15. The fourth-order valence-electron chi connectivity index (χ4n) is 3.77. The zero-order valence-corrected chi connectivity index (χ0v) is 29.5. The molecule has 20 nitrogen and oxygen atoms in total. The van der Waals surface area contributed by atoms with E-state index in [4.69, 9.17) is 28.4 Å². The summed E-state index contributed by atoms with van der Waals surface area (Å²) in [6.07, 6.45) is 18.4. The van der Waals surface area contributed by atoms with Gasteiger partial charge >= 0.3 is 6.09 Å². The average molecular weight is 793 g/mol. The van der Waals surface area contributed by atoms with Crippen molar-refractivity contribution in [1.29, 1.82) is 5.53 Å². The minimum atomic E-state index is -0.917. The Kier molecular flexibility index (Phi) is 30.2.